The predicted molar refractivity (Wildman–Crippen MR) is 126 cm³/mol. The van der Waals surface area contributed by atoms with Gasteiger partial charge in [0.1, 0.15) is 18.4 Å². The number of anilines is 1. The molecule has 1 aromatic heterocycles. The number of rotatable bonds is 10. The van der Waals surface area contributed by atoms with Crippen LogP contribution in [0.25, 0.3) is 10.9 Å². The van der Waals surface area contributed by atoms with E-state index in [1.807, 2.05) is 78.0 Å². The Bertz CT molecular complexity index is 1070. The van der Waals surface area contributed by atoms with Crippen molar-refractivity contribution < 1.29 is 19.1 Å². The molecule has 0 radical (unpaired) electrons. The molecule has 0 saturated carbocycles. The van der Waals surface area contributed by atoms with Gasteiger partial charge in [-0.15, -0.1) is 0 Å². The van der Waals surface area contributed by atoms with Gasteiger partial charge >= 0.3 is 0 Å². The van der Waals surface area contributed by atoms with Gasteiger partial charge in [-0.2, -0.15) is 0 Å². The number of methoxy groups -OCH3 is 1. The fraction of sp³-hybridized carbons (Fsp3) is 0.360. The summed E-state index contributed by atoms with van der Waals surface area (Å²) in [5, 5.41) is 3.86. The zero-order valence-electron chi connectivity index (χ0n) is 19.1. The molecule has 2 amide bonds. The highest BCUT2D eigenvalue weighted by atomic mass is 16.5. The fourth-order valence-corrected chi connectivity index (χ4v) is 3.54. The molecule has 1 heterocycles. The van der Waals surface area contributed by atoms with Crippen molar-refractivity contribution in [2.75, 3.05) is 25.5 Å². The van der Waals surface area contributed by atoms with Gasteiger partial charge in [0.25, 0.3) is 5.91 Å². The fourth-order valence-electron chi connectivity index (χ4n) is 3.54. The molecule has 7 nitrogen and oxygen atoms in total. The molecule has 0 aliphatic rings. The first-order valence-corrected chi connectivity index (χ1v) is 10.9. The van der Waals surface area contributed by atoms with Crippen molar-refractivity contribution in [3.05, 3.63) is 60.3 Å². The van der Waals surface area contributed by atoms with Crippen LogP contribution in [0, 0.1) is 0 Å². The molecular formula is C25H31N3O4. The van der Waals surface area contributed by atoms with Crippen molar-refractivity contribution >= 4 is 28.4 Å². The molecular weight excluding hydrogens is 406 g/mol. The SMILES string of the molecule is CCN(CC)C(=O)Cn1ccc2cc(NC(=O)C(C)OCc3cccc(OC)c3)ccc21. The van der Waals surface area contributed by atoms with Crippen LogP contribution in [0.4, 0.5) is 5.69 Å². The van der Waals surface area contributed by atoms with Crippen molar-refractivity contribution in [1.82, 2.24) is 9.47 Å². The number of aromatic nitrogens is 1. The Morgan fingerprint density at radius 2 is 1.88 bits per heavy atom. The molecule has 3 aromatic rings. The largest absolute Gasteiger partial charge is 0.497 e. The molecule has 0 fully saturated rings. The molecule has 1 N–H and O–H groups in total. The third kappa shape index (κ3) is 5.68. The number of fused-ring (bicyclic) bond motifs is 1. The number of nitrogens with one attached hydrogen (secondary N) is 1. The molecule has 1 atom stereocenters. The zero-order valence-corrected chi connectivity index (χ0v) is 19.1. The molecule has 32 heavy (non-hydrogen) atoms. The second-order valence-corrected chi connectivity index (χ2v) is 7.58. The number of hydrogen-bond donors (Lipinski definition) is 1. The van der Waals surface area contributed by atoms with E-state index in [1.165, 1.54) is 0 Å². The Morgan fingerprint density at radius 3 is 2.59 bits per heavy atom. The van der Waals surface area contributed by atoms with Gasteiger partial charge in [0, 0.05) is 35.9 Å². The van der Waals surface area contributed by atoms with Crippen LogP contribution in [0.5, 0.6) is 5.75 Å². The normalized spacial score (nSPS) is 11.9. The molecule has 0 saturated heterocycles. The molecule has 170 valence electrons. The van der Waals surface area contributed by atoms with E-state index in [9.17, 15) is 9.59 Å². The monoisotopic (exact) mass is 437 g/mol. The van der Waals surface area contributed by atoms with Gasteiger partial charge in [-0.05, 0) is 62.7 Å². The molecule has 2 aromatic carbocycles. The molecule has 1 unspecified atom stereocenters. The average Bonchev–Trinajstić information content (AvgIpc) is 3.20. The number of benzene rings is 2. The Hall–Kier alpha value is -3.32. The third-order valence-electron chi connectivity index (χ3n) is 5.46. The lowest BCUT2D eigenvalue weighted by molar-refractivity contribution is -0.131. The van der Waals surface area contributed by atoms with Crippen LogP contribution in [-0.2, 0) is 27.5 Å². The van der Waals surface area contributed by atoms with Crippen molar-refractivity contribution in [1.29, 1.82) is 0 Å². The smallest absolute Gasteiger partial charge is 0.253 e. The number of carbonyl (C=O) groups excluding carboxylic acids is 2. The summed E-state index contributed by atoms with van der Waals surface area (Å²) in [7, 11) is 1.62. The first-order valence-electron chi connectivity index (χ1n) is 10.9. The van der Waals surface area contributed by atoms with E-state index in [0.717, 1.165) is 22.2 Å². The van der Waals surface area contributed by atoms with Gasteiger partial charge < -0.3 is 24.3 Å². The number of likely N-dealkylation sites (N-methyl/N-ethyl adjacent to an activating group) is 1. The van der Waals surface area contributed by atoms with E-state index >= 15 is 0 Å². The summed E-state index contributed by atoms with van der Waals surface area (Å²) in [4.78, 5) is 26.8. The third-order valence-corrected chi connectivity index (χ3v) is 5.46. The van der Waals surface area contributed by atoms with Crippen LogP contribution in [0.1, 0.15) is 26.3 Å². The van der Waals surface area contributed by atoms with Gasteiger partial charge in [0.15, 0.2) is 0 Å². The summed E-state index contributed by atoms with van der Waals surface area (Å²) in [6.07, 6.45) is 1.28. The molecule has 0 spiro atoms. The summed E-state index contributed by atoms with van der Waals surface area (Å²) in [6, 6.07) is 15.2. The van der Waals surface area contributed by atoms with E-state index < -0.39 is 6.10 Å². The second-order valence-electron chi connectivity index (χ2n) is 7.58. The van der Waals surface area contributed by atoms with Crippen LogP contribution >= 0.6 is 0 Å². The lowest BCUT2D eigenvalue weighted by atomic mass is 10.2. The predicted octanol–water partition coefficient (Wildman–Crippen LogP) is 4.06. The van der Waals surface area contributed by atoms with Crippen LogP contribution in [-0.4, -0.2) is 47.6 Å². The summed E-state index contributed by atoms with van der Waals surface area (Å²) in [6.45, 7) is 7.69. The maximum Gasteiger partial charge on any atom is 0.253 e. The molecule has 0 aliphatic carbocycles. The van der Waals surface area contributed by atoms with Crippen molar-refractivity contribution in [2.45, 2.75) is 40.0 Å². The van der Waals surface area contributed by atoms with Crippen molar-refractivity contribution in [2.24, 2.45) is 0 Å². The minimum absolute atomic E-state index is 0.0897. The van der Waals surface area contributed by atoms with Crippen molar-refractivity contribution in [3.8, 4) is 5.75 Å². The summed E-state index contributed by atoms with van der Waals surface area (Å²) in [5.41, 5.74) is 2.57. The minimum atomic E-state index is -0.617. The zero-order chi connectivity index (χ0) is 23.1. The topological polar surface area (TPSA) is 72.8 Å². The Kier molecular flexibility index (Phi) is 7.89. The highest BCUT2D eigenvalue weighted by Gasteiger charge is 2.15. The number of hydrogen-bond acceptors (Lipinski definition) is 4. The Balaban J connectivity index is 1.60. The van der Waals surface area contributed by atoms with E-state index in [4.69, 9.17) is 9.47 Å². The second kappa shape index (κ2) is 10.8. The number of nitrogens with zero attached hydrogens (tertiary/aromatic N) is 2. The van der Waals surface area contributed by atoms with E-state index in [2.05, 4.69) is 5.32 Å². The first kappa shape index (κ1) is 23.3. The Morgan fingerprint density at radius 1 is 1.09 bits per heavy atom. The van der Waals surface area contributed by atoms with Gasteiger partial charge in [0.05, 0.1) is 13.7 Å². The van der Waals surface area contributed by atoms with Gasteiger partial charge in [-0.25, -0.2) is 0 Å². The summed E-state index contributed by atoms with van der Waals surface area (Å²) >= 11 is 0. The maximum atomic E-state index is 12.6. The highest BCUT2D eigenvalue weighted by molar-refractivity contribution is 5.96. The number of carbonyl (C=O) groups is 2. The van der Waals surface area contributed by atoms with E-state index in [0.29, 0.717) is 31.9 Å². The summed E-state index contributed by atoms with van der Waals surface area (Å²) < 4.78 is 12.9. The summed E-state index contributed by atoms with van der Waals surface area (Å²) in [5.74, 6) is 0.623. The van der Waals surface area contributed by atoms with E-state index in [1.54, 1.807) is 14.0 Å². The van der Waals surface area contributed by atoms with Gasteiger partial charge in [-0.3, -0.25) is 9.59 Å². The van der Waals surface area contributed by atoms with Gasteiger partial charge in [-0.1, -0.05) is 12.1 Å². The van der Waals surface area contributed by atoms with Crippen LogP contribution in [0.3, 0.4) is 0 Å². The maximum absolute atomic E-state index is 12.6. The van der Waals surface area contributed by atoms with E-state index in [-0.39, 0.29) is 11.8 Å². The average molecular weight is 438 g/mol. The lowest BCUT2D eigenvalue weighted by Crippen LogP contribution is -2.33. The minimum Gasteiger partial charge on any atom is -0.497 e. The number of ether oxygens (including phenoxy) is 2. The lowest BCUT2D eigenvalue weighted by Gasteiger charge is -2.19. The molecule has 0 bridgehead atoms. The molecule has 3 rings (SSSR count). The Labute approximate surface area is 188 Å². The van der Waals surface area contributed by atoms with Crippen LogP contribution in [0.15, 0.2) is 54.7 Å². The molecule has 7 heteroatoms. The standard InChI is InChI=1S/C25H31N3O4/c1-5-27(6-2)24(29)16-28-13-12-20-15-21(10-11-23(20)28)26-25(30)18(3)32-17-19-8-7-9-22(14-19)31-4/h7-15,18H,5-6,16-17H2,1-4H3,(H,26,30). The van der Waals surface area contributed by atoms with Gasteiger partial charge in [0.2, 0.25) is 5.91 Å². The number of amides is 2. The van der Waals surface area contributed by atoms with Crippen LogP contribution in [0.2, 0.25) is 0 Å². The van der Waals surface area contributed by atoms with Crippen LogP contribution < -0.4 is 10.1 Å². The quantitative estimate of drug-likeness (QED) is 0.519. The first-order chi connectivity index (χ1) is 15.4. The van der Waals surface area contributed by atoms with Crippen molar-refractivity contribution in [3.63, 3.8) is 0 Å². The molecule has 0 aliphatic heterocycles. The highest BCUT2D eigenvalue weighted by Crippen LogP contribution is 2.21.